The first-order valence-corrected chi connectivity index (χ1v) is 9.20. The van der Waals surface area contributed by atoms with Crippen LogP contribution in [0.15, 0.2) is 12.1 Å². The van der Waals surface area contributed by atoms with Crippen molar-refractivity contribution in [2.24, 2.45) is 0 Å². The van der Waals surface area contributed by atoms with E-state index in [1.165, 1.54) is 35.4 Å². The Hall–Kier alpha value is -0.420. The van der Waals surface area contributed by atoms with Crippen LogP contribution in [0.25, 0.3) is 0 Å². The van der Waals surface area contributed by atoms with E-state index in [0.29, 0.717) is 18.2 Å². The zero-order valence-electron chi connectivity index (χ0n) is 13.3. The van der Waals surface area contributed by atoms with Crippen LogP contribution in [0, 0.1) is 0 Å². The molecule has 1 aliphatic heterocycles. The van der Waals surface area contributed by atoms with Crippen molar-refractivity contribution in [3.8, 4) is 0 Å². The fourth-order valence-corrected chi connectivity index (χ4v) is 4.47. The largest absolute Gasteiger partial charge is 0.375 e. The molecule has 21 heavy (non-hydrogen) atoms. The van der Waals surface area contributed by atoms with Gasteiger partial charge in [-0.3, -0.25) is 4.90 Å². The van der Waals surface area contributed by atoms with Crippen LogP contribution in [0.2, 0.25) is 0 Å². The molecule has 1 aromatic heterocycles. The predicted molar refractivity (Wildman–Crippen MR) is 88.7 cm³/mol. The number of morpholine rings is 1. The minimum absolute atomic E-state index is 0.495. The molecule has 1 saturated carbocycles. The Morgan fingerprint density at radius 2 is 2.10 bits per heavy atom. The van der Waals surface area contributed by atoms with Crippen LogP contribution in [0.4, 0.5) is 0 Å². The molecule has 0 aromatic carbocycles. The lowest BCUT2D eigenvalue weighted by atomic mass is 9.90. The molecule has 0 amide bonds. The van der Waals surface area contributed by atoms with Gasteiger partial charge >= 0.3 is 0 Å². The van der Waals surface area contributed by atoms with E-state index < -0.39 is 0 Å². The van der Waals surface area contributed by atoms with E-state index in [9.17, 15) is 0 Å². The van der Waals surface area contributed by atoms with Gasteiger partial charge in [0.1, 0.15) is 0 Å². The van der Waals surface area contributed by atoms with E-state index in [-0.39, 0.29) is 0 Å². The van der Waals surface area contributed by atoms with Gasteiger partial charge in [0.15, 0.2) is 0 Å². The molecule has 1 aliphatic carbocycles. The highest BCUT2D eigenvalue weighted by molar-refractivity contribution is 7.11. The maximum Gasteiger partial charge on any atom is 0.0731 e. The van der Waals surface area contributed by atoms with Crippen molar-refractivity contribution in [3.05, 3.63) is 21.9 Å². The van der Waals surface area contributed by atoms with E-state index in [2.05, 4.69) is 36.2 Å². The first-order valence-electron chi connectivity index (χ1n) is 8.39. The first-order chi connectivity index (χ1) is 10.2. The number of thiophene rings is 1. The summed E-state index contributed by atoms with van der Waals surface area (Å²) >= 11 is 1.96. The number of hydrogen-bond acceptors (Lipinski definition) is 4. The highest BCUT2D eigenvalue weighted by atomic mass is 32.1. The number of nitrogens with zero attached hydrogens (tertiary/aromatic N) is 1. The monoisotopic (exact) mass is 308 g/mol. The lowest BCUT2D eigenvalue weighted by Gasteiger charge is -2.43. The Morgan fingerprint density at radius 3 is 2.95 bits per heavy atom. The fourth-order valence-electron chi connectivity index (χ4n) is 3.48. The molecule has 2 fully saturated rings. The average molecular weight is 308 g/mol. The van der Waals surface area contributed by atoms with E-state index >= 15 is 0 Å². The molecular weight excluding hydrogens is 280 g/mol. The average Bonchev–Trinajstić information content (AvgIpc) is 2.93. The van der Waals surface area contributed by atoms with Crippen molar-refractivity contribution in [2.75, 3.05) is 13.2 Å². The number of hydrogen-bond donors (Lipinski definition) is 1. The molecule has 0 spiro atoms. The molecule has 0 radical (unpaired) electrons. The summed E-state index contributed by atoms with van der Waals surface area (Å²) in [5.41, 5.74) is 0. The first kappa shape index (κ1) is 15.5. The van der Waals surface area contributed by atoms with Gasteiger partial charge in [0.05, 0.1) is 12.7 Å². The summed E-state index contributed by atoms with van der Waals surface area (Å²) < 4.78 is 5.97. The van der Waals surface area contributed by atoms with Crippen LogP contribution >= 0.6 is 11.3 Å². The van der Waals surface area contributed by atoms with Crippen LogP contribution in [-0.2, 0) is 17.8 Å². The Morgan fingerprint density at radius 1 is 1.29 bits per heavy atom. The van der Waals surface area contributed by atoms with Crippen LogP contribution in [0.5, 0.6) is 0 Å². The zero-order chi connectivity index (χ0) is 14.7. The fraction of sp³-hybridized carbons (Fsp3) is 0.765. The highest BCUT2D eigenvalue weighted by Crippen LogP contribution is 2.30. The van der Waals surface area contributed by atoms with E-state index in [0.717, 1.165) is 26.2 Å². The Labute approximate surface area is 132 Å². The minimum Gasteiger partial charge on any atom is -0.375 e. The topological polar surface area (TPSA) is 24.5 Å². The van der Waals surface area contributed by atoms with Gasteiger partial charge < -0.3 is 10.1 Å². The van der Waals surface area contributed by atoms with Gasteiger partial charge in [-0.05, 0) is 25.0 Å². The van der Waals surface area contributed by atoms with Crippen LogP contribution in [-0.4, -0.2) is 36.2 Å². The van der Waals surface area contributed by atoms with Gasteiger partial charge in [0.25, 0.3) is 0 Å². The quantitative estimate of drug-likeness (QED) is 0.902. The molecule has 1 aromatic rings. The summed E-state index contributed by atoms with van der Waals surface area (Å²) in [6.45, 7) is 8.51. The molecule has 2 aliphatic rings. The van der Waals surface area contributed by atoms with Crippen LogP contribution in [0.3, 0.4) is 0 Å². The number of rotatable bonds is 5. The van der Waals surface area contributed by atoms with Crippen LogP contribution < -0.4 is 5.32 Å². The van der Waals surface area contributed by atoms with Crippen molar-refractivity contribution in [1.82, 2.24) is 10.2 Å². The van der Waals surface area contributed by atoms with E-state index in [4.69, 9.17) is 4.74 Å². The molecule has 1 saturated heterocycles. The van der Waals surface area contributed by atoms with Gasteiger partial charge in [0, 0.05) is 41.5 Å². The number of nitrogens with one attached hydrogen (secondary N) is 1. The second kappa shape index (κ2) is 7.23. The van der Waals surface area contributed by atoms with Crippen molar-refractivity contribution < 1.29 is 4.74 Å². The molecule has 2 heterocycles. The molecule has 118 valence electrons. The molecule has 3 nitrogen and oxygen atoms in total. The summed E-state index contributed by atoms with van der Waals surface area (Å²) in [4.78, 5) is 5.62. The maximum atomic E-state index is 5.97. The van der Waals surface area contributed by atoms with Gasteiger partial charge in [0.2, 0.25) is 0 Å². The third kappa shape index (κ3) is 4.07. The summed E-state index contributed by atoms with van der Waals surface area (Å²) in [5, 5.41) is 3.50. The SMILES string of the molecule is CC(C)NCc1ccc(CN2CCOC3CCCCC32)s1. The summed E-state index contributed by atoms with van der Waals surface area (Å²) in [5.74, 6) is 0. The third-order valence-electron chi connectivity index (χ3n) is 4.61. The summed E-state index contributed by atoms with van der Waals surface area (Å²) in [6, 6.07) is 5.81. The highest BCUT2D eigenvalue weighted by Gasteiger charge is 2.34. The van der Waals surface area contributed by atoms with E-state index in [1.54, 1.807) is 0 Å². The lowest BCUT2D eigenvalue weighted by molar-refractivity contribution is -0.0908. The second-order valence-corrected chi connectivity index (χ2v) is 7.89. The lowest BCUT2D eigenvalue weighted by Crippen LogP contribution is -2.51. The molecule has 1 N–H and O–H groups in total. The third-order valence-corrected chi connectivity index (χ3v) is 5.68. The maximum absolute atomic E-state index is 5.97. The van der Waals surface area contributed by atoms with Crippen molar-refractivity contribution in [1.29, 1.82) is 0 Å². The standard InChI is InChI=1S/C17H28N2OS/c1-13(2)18-11-14-7-8-15(21-14)12-19-9-10-20-17-6-4-3-5-16(17)19/h7-8,13,16-18H,3-6,9-12H2,1-2H3. The zero-order valence-corrected chi connectivity index (χ0v) is 14.1. The Balaban J connectivity index is 1.57. The number of ether oxygens (including phenoxy) is 1. The molecule has 2 unspecified atom stereocenters. The predicted octanol–water partition coefficient (Wildman–Crippen LogP) is 3.39. The Kier molecular flexibility index (Phi) is 5.33. The van der Waals surface area contributed by atoms with Gasteiger partial charge in [-0.25, -0.2) is 0 Å². The van der Waals surface area contributed by atoms with E-state index in [1.807, 2.05) is 11.3 Å². The van der Waals surface area contributed by atoms with Crippen molar-refractivity contribution in [3.63, 3.8) is 0 Å². The van der Waals surface area contributed by atoms with Crippen LogP contribution in [0.1, 0.15) is 49.3 Å². The van der Waals surface area contributed by atoms with Gasteiger partial charge in [-0.1, -0.05) is 26.7 Å². The molecule has 2 atom stereocenters. The van der Waals surface area contributed by atoms with Gasteiger partial charge in [-0.15, -0.1) is 11.3 Å². The molecule has 3 rings (SSSR count). The van der Waals surface area contributed by atoms with Crippen molar-refractivity contribution in [2.45, 2.75) is 70.8 Å². The number of fused-ring (bicyclic) bond motifs is 1. The van der Waals surface area contributed by atoms with Crippen molar-refractivity contribution >= 4 is 11.3 Å². The Bertz CT molecular complexity index is 444. The molecule has 4 heteroatoms. The minimum atomic E-state index is 0.495. The normalized spacial score (nSPS) is 27.0. The smallest absolute Gasteiger partial charge is 0.0731 e. The van der Waals surface area contributed by atoms with Gasteiger partial charge in [-0.2, -0.15) is 0 Å². The molecule has 0 bridgehead atoms. The molecular formula is C17H28N2OS. The summed E-state index contributed by atoms with van der Waals surface area (Å²) in [6.07, 6.45) is 5.79. The second-order valence-electron chi connectivity index (χ2n) is 6.64. The summed E-state index contributed by atoms with van der Waals surface area (Å²) in [7, 11) is 0.